The van der Waals surface area contributed by atoms with Crippen LogP contribution in [0.1, 0.15) is 20.3 Å². The van der Waals surface area contributed by atoms with Gasteiger partial charge in [-0.15, -0.1) is 6.58 Å². The van der Waals surface area contributed by atoms with Crippen molar-refractivity contribution >= 4 is 5.91 Å². The number of amides is 1. The maximum Gasteiger partial charge on any atom is 0.234 e. The lowest BCUT2D eigenvalue weighted by atomic mass is 10.2. The summed E-state index contributed by atoms with van der Waals surface area (Å²) in [6.07, 6.45) is 2.46. The Morgan fingerprint density at radius 3 is 2.64 bits per heavy atom. The second kappa shape index (κ2) is 4.91. The molecule has 3 nitrogen and oxygen atoms in total. The molecule has 2 atom stereocenters. The van der Waals surface area contributed by atoms with E-state index in [1.807, 2.05) is 13.8 Å². The van der Waals surface area contributed by atoms with Crippen LogP contribution in [0.5, 0.6) is 0 Å². The van der Waals surface area contributed by atoms with Gasteiger partial charge in [-0.1, -0.05) is 13.0 Å². The Bertz CT molecular complexity index is 145. The van der Waals surface area contributed by atoms with Crippen molar-refractivity contribution < 1.29 is 4.79 Å². The van der Waals surface area contributed by atoms with E-state index in [0.717, 1.165) is 0 Å². The van der Waals surface area contributed by atoms with Crippen LogP contribution in [0.15, 0.2) is 12.7 Å². The molecule has 0 aromatic heterocycles. The van der Waals surface area contributed by atoms with Gasteiger partial charge in [-0.2, -0.15) is 0 Å². The highest BCUT2D eigenvalue weighted by Crippen LogP contribution is 1.92. The summed E-state index contributed by atoms with van der Waals surface area (Å²) < 4.78 is 0. The summed E-state index contributed by atoms with van der Waals surface area (Å²) in [5.74, 6) is -0.304. The molecule has 0 saturated carbocycles. The molecule has 0 aliphatic rings. The molecule has 3 heteroatoms. The fraction of sp³-hybridized carbons (Fsp3) is 0.625. The Balaban J connectivity index is 3.87. The monoisotopic (exact) mass is 156 g/mol. The van der Waals surface area contributed by atoms with Crippen molar-refractivity contribution in [2.75, 3.05) is 0 Å². The quantitative estimate of drug-likeness (QED) is 0.567. The van der Waals surface area contributed by atoms with Crippen LogP contribution >= 0.6 is 0 Å². The Kier molecular flexibility index (Phi) is 4.54. The molecule has 0 aliphatic carbocycles. The maximum atomic E-state index is 10.7. The van der Waals surface area contributed by atoms with Gasteiger partial charge in [0.25, 0.3) is 0 Å². The molecule has 1 amide bonds. The largest absolute Gasteiger partial charge is 0.368 e. The molecule has 0 aromatic rings. The van der Waals surface area contributed by atoms with Crippen molar-refractivity contribution in [1.29, 1.82) is 0 Å². The summed E-state index contributed by atoms with van der Waals surface area (Å²) in [5, 5.41) is 3.02. The third-order valence-electron chi connectivity index (χ3n) is 1.57. The molecule has 0 saturated heterocycles. The first-order valence-corrected chi connectivity index (χ1v) is 3.79. The van der Waals surface area contributed by atoms with Gasteiger partial charge in [-0.3, -0.25) is 10.1 Å². The standard InChI is InChI=1S/C8H16N2O/c1-4-6(3)10-7(5-2)8(9)11/h4,6-7,10H,1,5H2,2-3H3,(H2,9,11). The number of hydrogen-bond acceptors (Lipinski definition) is 2. The second-order valence-electron chi connectivity index (χ2n) is 2.55. The molecule has 0 fully saturated rings. The number of carbonyl (C=O) groups excluding carboxylic acids is 1. The molecule has 0 aromatic carbocycles. The zero-order valence-electron chi connectivity index (χ0n) is 7.13. The number of carbonyl (C=O) groups is 1. The van der Waals surface area contributed by atoms with E-state index in [0.29, 0.717) is 6.42 Å². The Labute approximate surface area is 67.7 Å². The lowest BCUT2D eigenvalue weighted by Crippen LogP contribution is -2.44. The Morgan fingerprint density at radius 2 is 2.36 bits per heavy atom. The van der Waals surface area contributed by atoms with Crippen LogP contribution in [0.4, 0.5) is 0 Å². The molecule has 0 spiro atoms. The predicted octanol–water partition coefficient (Wildman–Crippen LogP) is 0.414. The summed E-state index contributed by atoms with van der Waals surface area (Å²) in [7, 11) is 0. The zero-order valence-corrected chi connectivity index (χ0v) is 7.13. The van der Waals surface area contributed by atoms with Crippen LogP contribution < -0.4 is 11.1 Å². The number of primary amides is 1. The molecular formula is C8H16N2O. The average molecular weight is 156 g/mol. The maximum absolute atomic E-state index is 10.7. The smallest absolute Gasteiger partial charge is 0.234 e. The molecule has 0 aliphatic heterocycles. The van der Waals surface area contributed by atoms with E-state index in [1.165, 1.54) is 0 Å². The first-order valence-electron chi connectivity index (χ1n) is 3.79. The molecule has 11 heavy (non-hydrogen) atoms. The van der Waals surface area contributed by atoms with Gasteiger partial charge in [0.2, 0.25) is 5.91 Å². The van der Waals surface area contributed by atoms with Gasteiger partial charge in [0.15, 0.2) is 0 Å². The van der Waals surface area contributed by atoms with Crippen LogP contribution in [0.3, 0.4) is 0 Å². The summed E-state index contributed by atoms with van der Waals surface area (Å²) in [4.78, 5) is 10.7. The van der Waals surface area contributed by atoms with Crippen molar-refractivity contribution in [1.82, 2.24) is 5.32 Å². The number of rotatable bonds is 5. The highest BCUT2D eigenvalue weighted by atomic mass is 16.1. The normalized spacial score (nSPS) is 15.5. The van der Waals surface area contributed by atoms with Crippen molar-refractivity contribution in [3.05, 3.63) is 12.7 Å². The SMILES string of the molecule is C=CC(C)NC(CC)C(N)=O. The molecule has 0 heterocycles. The first kappa shape index (κ1) is 10.2. The van der Waals surface area contributed by atoms with Crippen molar-refractivity contribution in [2.45, 2.75) is 32.4 Å². The highest BCUT2D eigenvalue weighted by molar-refractivity contribution is 5.79. The van der Waals surface area contributed by atoms with Gasteiger partial charge in [0.1, 0.15) is 0 Å². The molecular weight excluding hydrogens is 140 g/mol. The van der Waals surface area contributed by atoms with Gasteiger partial charge in [-0.05, 0) is 13.3 Å². The molecule has 0 bridgehead atoms. The number of nitrogens with one attached hydrogen (secondary N) is 1. The van der Waals surface area contributed by atoms with Gasteiger partial charge in [0, 0.05) is 6.04 Å². The fourth-order valence-electron chi connectivity index (χ4n) is 0.787. The highest BCUT2D eigenvalue weighted by Gasteiger charge is 2.12. The minimum absolute atomic E-state index is 0.132. The van der Waals surface area contributed by atoms with Crippen LogP contribution in [0.2, 0.25) is 0 Å². The third kappa shape index (κ3) is 3.78. The van der Waals surface area contributed by atoms with E-state index in [1.54, 1.807) is 6.08 Å². The van der Waals surface area contributed by atoms with E-state index < -0.39 is 0 Å². The van der Waals surface area contributed by atoms with Gasteiger partial charge in [-0.25, -0.2) is 0 Å². The molecule has 0 rings (SSSR count). The Morgan fingerprint density at radius 1 is 1.82 bits per heavy atom. The minimum Gasteiger partial charge on any atom is -0.368 e. The van der Waals surface area contributed by atoms with E-state index in [4.69, 9.17) is 5.73 Å². The van der Waals surface area contributed by atoms with Crippen molar-refractivity contribution in [3.8, 4) is 0 Å². The summed E-state index contributed by atoms with van der Waals surface area (Å²) in [6, 6.07) is -0.101. The molecule has 0 radical (unpaired) electrons. The summed E-state index contributed by atoms with van der Waals surface area (Å²) in [6.45, 7) is 7.44. The molecule has 64 valence electrons. The topological polar surface area (TPSA) is 55.1 Å². The van der Waals surface area contributed by atoms with Gasteiger partial charge in [0.05, 0.1) is 6.04 Å². The van der Waals surface area contributed by atoms with Crippen molar-refractivity contribution in [2.24, 2.45) is 5.73 Å². The third-order valence-corrected chi connectivity index (χ3v) is 1.57. The lowest BCUT2D eigenvalue weighted by molar-refractivity contribution is -0.120. The van der Waals surface area contributed by atoms with Gasteiger partial charge >= 0.3 is 0 Å². The van der Waals surface area contributed by atoms with Crippen molar-refractivity contribution in [3.63, 3.8) is 0 Å². The predicted molar refractivity (Wildman–Crippen MR) is 46.1 cm³/mol. The minimum atomic E-state index is -0.304. The second-order valence-corrected chi connectivity index (χ2v) is 2.55. The van der Waals surface area contributed by atoms with Crippen LogP contribution in [0, 0.1) is 0 Å². The van der Waals surface area contributed by atoms with E-state index >= 15 is 0 Å². The number of hydrogen-bond donors (Lipinski definition) is 2. The van der Waals surface area contributed by atoms with Crippen LogP contribution in [-0.2, 0) is 4.79 Å². The van der Waals surface area contributed by atoms with Gasteiger partial charge < -0.3 is 5.73 Å². The zero-order chi connectivity index (χ0) is 8.85. The first-order chi connectivity index (χ1) is 5.11. The average Bonchev–Trinajstić information content (AvgIpc) is 1.99. The summed E-state index contributed by atoms with van der Waals surface area (Å²) in [5.41, 5.74) is 5.11. The molecule has 2 unspecified atom stereocenters. The number of nitrogens with two attached hydrogens (primary N) is 1. The Hall–Kier alpha value is -0.830. The van der Waals surface area contributed by atoms with Crippen LogP contribution in [0.25, 0.3) is 0 Å². The van der Waals surface area contributed by atoms with E-state index in [-0.39, 0.29) is 18.0 Å². The fourth-order valence-corrected chi connectivity index (χ4v) is 0.787. The van der Waals surface area contributed by atoms with E-state index in [9.17, 15) is 4.79 Å². The lowest BCUT2D eigenvalue weighted by Gasteiger charge is -2.16. The molecule has 3 N–H and O–H groups in total. The van der Waals surface area contributed by atoms with Crippen LogP contribution in [-0.4, -0.2) is 18.0 Å². The summed E-state index contributed by atoms with van der Waals surface area (Å²) >= 11 is 0. The van der Waals surface area contributed by atoms with E-state index in [2.05, 4.69) is 11.9 Å².